The molecule has 0 aromatic rings. The van der Waals surface area contributed by atoms with Gasteiger partial charge in [-0.2, -0.15) is 0 Å². The third-order valence-corrected chi connectivity index (χ3v) is 6.89. The molecule has 5 fully saturated rings. The standard InChI is InChI=1S/C19H28O8/c1-10-4-5-13-11(2)16(23-15(22)7-6-14(20)21)24-17-19(13)12(10)8-9-18(3,25-17)26-27-19/h10-13,16-17H,4-9H2,1-3H3,(H,20,21)/t10-,11-,12+,13+,16-,17?,18-,19-/m1/s1. The van der Waals surface area contributed by atoms with Gasteiger partial charge in [-0.3, -0.25) is 9.59 Å². The van der Waals surface area contributed by atoms with Crippen LogP contribution in [0.25, 0.3) is 0 Å². The van der Waals surface area contributed by atoms with Gasteiger partial charge in [0, 0.05) is 18.3 Å². The number of carbonyl (C=O) groups is 2. The number of ether oxygens (including phenoxy) is 3. The van der Waals surface area contributed by atoms with Crippen molar-refractivity contribution in [2.75, 3.05) is 0 Å². The fourth-order valence-corrected chi connectivity index (χ4v) is 5.40. The second-order valence-corrected chi connectivity index (χ2v) is 8.66. The molecule has 0 aromatic carbocycles. The summed E-state index contributed by atoms with van der Waals surface area (Å²) in [6.45, 7) is 6.06. The topological polar surface area (TPSA) is 101 Å². The van der Waals surface area contributed by atoms with E-state index in [0.29, 0.717) is 12.3 Å². The first kappa shape index (κ1) is 19.1. The quantitative estimate of drug-likeness (QED) is 0.583. The van der Waals surface area contributed by atoms with Gasteiger partial charge in [-0.25, -0.2) is 9.78 Å². The fourth-order valence-electron chi connectivity index (χ4n) is 5.40. The van der Waals surface area contributed by atoms with Gasteiger partial charge in [0.2, 0.25) is 12.1 Å². The van der Waals surface area contributed by atoms with Gasteiger partial charge in [0.1, 0.15) is 0 Å². The SMILES string of the molecule is C[C@H]1[C@H](OC(=O)CCC(=O)O)OC2O[C@@]3(C)CC[C@H]4[C@H](C)CC[C@@H]1[C@@]24OO3. The number of rotatable bonds is 4. The number of carbonyl (C=O) groups excluding carboxylic acids is 1. The third kappa shape index (κ3) is 3.06. The Morgan fingerprint density at radius 1 is 1.11 bits per heavy atom. The molecule has 8 atom stereocenters. The van der Waals surface area contributed by atoms with Crippen LogP contribution < -0.4 is 0 Å². The predicted molar refractivity (Wildman–Crippen MR) is 89.8 cm³/mol. The van der Waals surface area contributed by atoms with Gasteiger partial charge in [0.15, 0.2) is 11.9 Å². The van der Waals surface area contributed by atoms with Gasteiger partial charge in [-0.15, -0.1) is 0 Å². The Kier molecular flexibility index (Phi) is 4.73. The summed E-state index contributed by atoms with van der Waals surface area (Å²) in [7, 11) is 0. The molecule has 4 saturated heterocycles. The molecule has 2 bridgehead atoms. The van der Waals surface area contributed by atoms with Crippen LogP contribution in [-0.4, -0.2) is 41.0 Å². The van der Waals surface area contributed by atoms with E-state index in [1.165, 1.54) is 0 Å². The Hall–Kier alpha value is -1.22. The first-order valence-corrected chi connectivity index (χ1v) is 9.86. The Morgan fingerprint density at radius 3 is 2.63 bits per heavy atom. The summed E-state index contributed by atoms with van der Waals surface area (Å²) in [4.78, 5) is 34.5. The lowest BCUT2D eigenvalue weighted by Gasteiger charge is -2.59. The highest BCUT2D eigenvalue weighted by Crippen LogP contribution is 2.60. The zero-order valence-electron chi connectivity index (χ0n) is 16.0. The monoisotopic (exact) mass is 384 g/mol. The maximum atomic E-state index is 12.1. The van der Waals surface area contributed by atoms with E-state index in [1.54, 1.807) is 0 Å². The normalized spacial score (nSPS) is 48.4. The lowest BCUT2D eigenvalue weighted by atomic mass is 9.58. The second-order valence-electron chi connectivity index (χ2n) is 8.66. The van der Waals surface area contributed by atoms with E-state index in [9.17, 15) is 9.59 Å². The molecular weight excluding hydrogens is 356 g/mol. The Labute approximate surface area is 158 Å². The van der Waals surface area contributed by atoms with Crippen LogP contribution in [0.15, 0.2) is 0 Å². The van der Waals surface area contributed by atoms with Crippen LogP contribution in [0.2, 0.25) is 0 Å². The molecule has 1 spiro atoms. The summed E-state index contributed by atoms with van der Waals surface area (Å²) in [5, 5.41) is 8.76. The molecule has 5 aliphatic rings. The maximum absolute atomic E-state index is 12.1. The van der Waals surface area contributed by atoms with Crippen molar-refractivity contribution >= 4 is 11.9 Å². The van der Waals surface area contributed by atoms with Crippen LogP contribution in [0.5, 0.6) is 0 Å². The largest absolute Gasteiger partial charge is 0.481 e. The minimum atomic E-state index is -1.03. The third-order valence-electron chi connectivity index (χ3n) is 6.89. The second kappa shape index (κ2) is 6.69. The Balaban J connectivity index is 1.58. The number of aliphatic carboxylic acids is 1. The molecule has 1 saturated carbocycles. The smallest absolute Gasteiger partial charge is 0.308 e. The van der Waals surface area contributed by atoms with Crippen molar-refractivity contribution < 1.29 is 38.7 Å². The van der Waals surface area contributed by atoms with Crippen LogP contribution in [0.3, 0.4) is 0 Å². The Bertz CT molecular complexity index is 623. The molecule has 4 heterocycles. The van der Waals surface area contributed by atoms with E-state index in [4.69, 9.17) is 29.1 Å². The zero-order valence-corrected chi connectivity index (χ0v) is 16.0. The van der Waals surface area contributed by atoms with Crippen LogP contribution in [-0.2, 0) is 33.6 Å². The summed E-state index contributed by atoms with van der Waals surface area (Å²) in [6, 6.07) is 0. The lowest BCUT2D eigenvalue weighted by Crippen LogP contribution is -2.70. The van der Waals surface area contributed by atoms with Gasteiger partial charge < -0.3 is 19.3 Å². The van der Waals surface area contributed by atoms with Gasteiger partial charge in [0.25, 0.3) is 0 Å². The molecule has 5 rings (SSSR count). The van der Waals surface area contributed by atoms with Crippen LogP contribution in [0, 0.1) is 23.7 Å². The maximum Gasteiger partial charge on any atom is 0.308 e. The Morgan fingerprint density at radius 2 is 1.89 bits per heavy atom. The molecule has 152 valence electrons. The zero-order chi connectivity index (χ0) is 19.4. The van der Waals surface area contributed by atoms with Crippen LogP contribution >= 0.6 is 0 Å². The molecule has 0 aromatic heterocycles. The number of fused-ring (bicyclic) bond motifs is 2. The van der Waals surface area contributed by atoms with Crippen LogP contribution in [0.4, 0.5) is 0 Å². The molecule has 0 radical (unpaired) electrons. The number of hydrogen-bond acceptors (Lipinski definition) is 7. The highest BCUT2D eigenvalue weighted by Gasteiger charge is 2.69. The molecule has 0 amide bonds. The number of carboxylic acids is 1. The number of hydrogen-bond donors (Lipinski definition) is 1. The minimum Gasteiger partial charge on any atom is -0.481 e. The van der Waals surface area contributed by atoms with Gasteiger partial charge in [0.05, 0.1) is 12.8 Å². The predicted octanol–water partition coefficient (Wildman–Crippen LogP) is 2.60. The van der Waals surface area contributed by atoms with E-state index in [2.05, 4.69) is 6.92 Å². The molecular formula is C19H28O8. The van der Waals surface area contributed by atoms with Crippen molar-refractivity contribution in [3.8, 4) is 0 Å². The summed E-state index contributed by atoms with van der Waals surface area (Å²) in [6.07, 6.45) is 1.72. The van der Waals surface area contributed by atoms with Crippen molar-refractivity contribution in [3.63, 3.8) is 0 Å². The molecule has 1 aliphatic carbocycles. The van der Waals surface area contributed by atoms with Crippen molar-refractivity contribution in [2.45, 2.75) is 83.3 Å². The molecule has 1 N–H and O–H groups in total. The molecule has 4 aliphatic heterocycles. The highest BCUT2D eigenvalue weighted by molar-refractivity contribution is 5.76. The average Bonchev–Trinajstić information content (AvgIpc) is 2.84. The molecule has 1 unspecified atom stereocenters. The van der Waals surface area contributed by atoms with Gasteiger partial charge in [-0.05, 0) is 38.0 Å². The number of esters is 1. The van der Waals surface area contributed by atoms with E-state index >= 15 is 0 Å². The van der Waals surface area contributed by atoms with Crippen LogP contribution in [0.1, 0.15) is 59.3 Å². The lowest BCUT2D eigenvalue weighted by molar-refractivity contribution is -0.576. The summed E-state index contributed by atoms with van der Waals surface area (Å²) < 4.78 is 17.8. The van der Waals surface area contributed by atoms with Gasteiger partial charge >= 0.3 is 11.9 Å². The van der Waals surface area contributed by atoms with E-state index < -0.39 is 35.9 Å². The van der Waals surface area contributed by atoms with Crippen molar-refractivity contribution in [1.82, 2.24) is 0 Å². The van der Waals surface area contributed by atoms with Crippen molar-refractivity contribution in [2.24, 2.45) is 23.7 Å². The summed E-state index contributed by atoms with van der Waals surface area (Å²) in [5.41, 5.74) is -0.697. The molecule has 27 heavy (non-hydrogen) atoms. The van der Waals surface area contributed by atoms with Crippen molar-refractivity contribution in [3.05, 3.63) is 0 Å². The average molecular weight is 384 g/mol. The van der Waals surface area contributed by atoms with Crippen molar-refractivity contribution in [1.29, 1.82) is 0 Å². The molecule has 8 nitrogen and oxygen atoms in total. The summed E-state index contributed by atoms with van der Waals surface area (Å²) in [5.74, 6) is -1.82. The van der Waals surface area contributed by atoms with E-state index in [1.807, 2.05) is 13.8 Å². The summed E-state index contributed by atoms with van der Waals surface area (Å²) >= 11 is 0. The molecule has 8 heteroatoms. The first-order valence-electron chi connectivity index (χ1n) is 9.86. The minimum absolute atomic E-state index is 0.0670. The first-order chi connectivity index (χ1) is 12.7. The van der Waals surface area contributed by atoms with Gasteiger partial charge in [-0.1, -0.05) is 13.8 Å². The number of carboxylic acid groups (broad SMARTS) is 1. The van der Waals surface area contributed by atoms with E-state index in [-0.39, 0.29) is 30.6 Å². The fraction of sp³-hybridized carbons (Fsp3) is 0.895. The highest BCUT2D eigenvalue weighted by atomic mass is 17.3. The van der Waals surface area contributed by atoms with E-state index in [0.717, 1.165) is 19.3 Å².